The topological polar surface area (TPSA) is 50.7 Å². The number of pyridine rings is 1. The van der Waals surface area contributed by atoms with Crippen molar-refractivity contribution in [2.45, 2.75) is 13.5 Å². The van der Waals surface area contributed by atoms with E-state index in [1.165, 1.54) is 5.39 Å². The number of hydrogen-bond donors (Lipinski definition) is 1. The second-order valence-electron chi connectivity index (χ2n) is 4.35. The lowest BCUT2D eigenvalue weighted by atomic mass is 10.1. The molecule has 1 aromatic carbocycles. The van der Waals surface area contributed by atoms with Crippen LogP contribution >= 0.6 is 0 Å². The first-order valence-corrected chi connectivity index (χ1v) is 6.18. The fourth-order valence-corrected chi connectivity index (χ4v) is 2.06. The maximum atomic E-state index is 4.38. The Balaban J connectivity index is 1.86. The highest BCUT2D eigenvalue weighted by Gasteiger charge is 2.01. The molecular weight excluding hydrogens is 236 g/mol. The highest BCUT2D eigenvalue weighted by Crippen LogP contribution is 2.22. The Morgan fingerprint density at radius 2 is 2.05 bits per heavy atom. The van der Waals surface area contributed by atoms with Crippen molar-refractivity contribution in [2.75, 3.05) is 5.32 Å². The van der Waals surface area contributed by atoms with E-state index in [2.05, 4.69) is 32.4 Å². The molecule has 0 saturated heterocycles. The number of hydrogen-bond acceptors (Lipinski definition) is 4. The number of nitrogens with one attached hydrogen (secondary N) is 1. The molecule has 19 heavy (non-hydrogen) atoms. The molecule has 4 heteroatoms. The van der Waals surface area contributed by atoms with Gasteiger partial charge in [-0.15, -0.1) is 0 Å². The largest absolute Gasteiger partial charge is 0.379 e. The minimum atomic E-state index is 0.678. The molecule has 0 aliphatic heterocycles. The van der Waals surface area contributed by atoms with E-state index < -0.39 is 0 Å². The number of rotatable bonds is 3. The molecule has 0 saturated carbocycles. The van der Waals surface area contributed by atoms with Crippen molar-refractivity contribution in [3.63, 3.8) is 0 Å². The Kier molecular flexibility index (Phi) is 3.06. The Morgan fingerprint density at radius 3 is 2.95 bits per heavy atom. The van der Waals surface area contributed by atoms with E-state index in [0.29, 0.717) is 6.54 Å². The predicted octanol–water partition coefficient (Wildman–Crippen LogP) is 2.95. The first kappa shape index (κ1) is 11.6. The van der Waals surface area contributed by atoms with E-state index >= 15 is 0 Å². The van der Waals surface area contributed by atoms with Crippen molar-refractivity contribution in [1.82, 2.24) is 15.0 Å². The maximum absolute atomic E-state index is 4.38. The summed E-state index contributed by atoms with van der Waals surface area (Å²) in [5.41, 5.74) is 2.05. The highest BCUT2D eigenvalue weighted by atomic mass is 14.9. The van der Waals surface area contributed by atoms with E-state index in [4.69, 9.17) is 0 Å². The number of fused-ring (bicyclic) bond motifs is 1. The normalized spacial score (nSPS) is 10.6. The number of aryl methyl sites for hydroxylation is 1. The minimum Gasteiger partial charge on any atom is -0.379 e. The van der Waals surface area contributed by atoms with Crippen LogP contribution in [0.3, 0.4) is 0 Å². The van der Waals surface area contributed by atoms with Crippen LogP contribution in [-0.2, 0) is 6.54 Å². The summed E-state index contributed by atoms with van der Waals surface area (Å²) in [4.78, 5) is 12.7. The van der Waals surface area contributed by atoms with Crippen LogP contribution in [0.25, 0.3) is 10.8 Å². The standard InChI is InChI=1S/C15H14N4/c1-11-17-8-6-13(19-11)9-18-15-4-2-3-12-5-7-16-10-14(12)15/h2-8,10,18H,9H2,1H3. The number of aromatic nitrogens is 3. The van der Waals surface area contributed by atoms with E-state index in [9.17, 15) is 0 Å². The summed E-state index contributed by atoms with van der Waals surface area (Å²) < 4.78 is 0. The molecule has 0 fully saturated rings. The average molecular weight is 250 g/mol. The molecule has 0 aliphatic rings. The maximum Gasteiger partial charge on any atom is 0.125 e. The summed E-state index contributed by atoms with van der Waals surface area (Å²) in [6.07, 6.45) is 5.47. The second kappa shape index (κ2) is 5.02. The molecule has 0 atom stereocenters. The lowest BCUT2D eigenvalue weighted by Gasteiger charge is -2.09. The van der Waals surface area contributed by atoms with Crippen molar-refractivity contribution in [2.24, 2.45) is 0 Å². The smallest absolute Gasteiger partial charge is 0.125 e. The molecule has 2 heterocycles. The van der Waals surface area contributed by atoms with Crippen LogP contribution in [-0.4, -0.2) is 15.0 Å². The summed E-state index contributed by atoms with van der Waals surface area (Å²) in [6.45, 7) is 2.57. The molecule has 0 unspecified atom stereocenters. The van der Waals surface area contributed by atoms with Crippen LogP contribution in [0, 0.1) is 6.92 Å². The lowest BCUT2D eigenvalue weighted by Crippen LogP contribution is -2.03. The van der Waals surface area contributed by atoms with Gasteiger partial charge in [0.2, 0.25) is 0 Å². The third-order valence-electron chi connectivity index (χ3n) is 2.98. The molecule has 0 spiro atoms. The molecule has 3 aromatic rings. The second-order valence-corrected chi connectivity index (χ2v) is 4.35. The third-order valence-corrected chi connectivity index (χ3v) is 2.98. The Labute approximate surface area is 111 Å². The van der Waals surface area contributed by atoms with Gasteiger partial charge in [-0.1, -0.05) is 12.1 Å². The summed E-state index contributed by atoms with van der Waals surface area (Å²) in [7, 11) is 0. The van der Waals surface area contributed by atoms with Crippen LogP contribution in [0.4, 0.5) is 5.69 Å². The van der Waals surface area contributed by atoms with Gasteiger partial charge in [0.15, 0.2) is 0 Å². The SMILES string of the molecule is Cc1nccc(CNc2cccc3ccncc23)n1. The molecule has 0 amide bonds. The predicted molar refractivity (Wildman–Crippen MR) is 75.8 cm³/mol. The number of benzene rings is 1. The quantitative estimate of drug-likeness (QED) is 0.776. The van der Waals surface area contributed by atoms with Crippen LogP contribution < -0.4 is 5.32 Å². The van der Waals surface area contributed by atoms with E-state index in [-0.39, 0.29) is 0 Å². The van der Waals surface area contributed by atoms with Gasteiger partial charge in [0, 0.05) is 29.7 Å². The molecule has 0 radical (unpaired) electrons. The van der Waals surface area contributed by atoms with Crippen molar-refractivity contribution in [1.29, 1.82) is 0 Å². The monoisotopic (exact) mass is 250 g/mol. The zero-order valence-corrected chi connectivity index (χ0v) is 10.7. The van der Waals surface area contributed by atoms with Gasteiger partial charge in [-0.05, 0) is 30.5 Å². The van der Waals surface area contributed by atoms with Crippen LogP contribution in [0.2, 0.25) is 0 Å². The van der Waals surface area contributed by atoms with Crippen molar-refractivity contribution in [3.05, 3.63) is 60.4 Å². The van der Waals surface area contributed by atoms with Crippen molar-refractivity contribution >= 4 is 16.5 Å². The van der Waals surface area contributed by atoms with Gasteiger partial charge in [0.25, 0.3) is 0 Å². The van der Waals surface area contributed by atoms with Crippen molar-refractivity contribution < 1.29 is 0 Å². The highest BCUT2D eigenvalue weighted by molar-refractivity contribution is 5.92. The number of anilines is 1. The van der Waals surface area contributed by atoms with Crippen LogP contribution in [0.15, 0.2) is 48.9 Å². The van der Waals surface area contributed by atoms with Gasteiger partial charge in [0.05, 0.1) is 12.2 Å². The minimum absolute atomic E-state index is 0.678. The fraction of sp³-hybridized carbons (Fsp3) is 0.133. The zero-order valence-electron chi connectivity index (χ0n) is 10.7. The van der Waals surface area contributed by atoms with E-state index in [1.54, 1.807) is 12.4 Å². The molecule has 1 N–H and O–H groups in total. The van der Waals surface area contributed by atoms with Gasteiger partial charge < -0.3 is 5.32 Å². The average Bonchev–Trinajstić information content (AvgIpc) is 2.45. The van der Waals surface area contributed by atoms with Gasteiger partial charge in [0.1, 0.15) is 5.82 Å². The Morgan fingerprint density at radius 1 is 1.11 bits per heavy atom. The van der Waals surface area contributed by atoms with Crippen LogP contribution in [0.1, 0.15) is 11.5 Å². The Bertz CT molecular complexity index is 704. The number of nitrogens with zero attached hydrogens (tertiary/aromatic N) is 3. The molecule has 3 rings (SSSR count). The fourth-order valence-electron chi connectivity index (χ4n) is 2.06. The molecule has 0 bridgehead atoms. The summed E-state index contributed by atoms with van der Waals surface area (Å²) in [5, 5.41) is 5.70. The van der Waals surface area contributed by atoms with Gasteiger partial charge in [-0.3, -0.25) is 4.98 Å². The summed E-state index contributed by atoms with van der Waals surface area (Å²) in [5.74, 6) is 0.791. The lowest BCUT2D eigenvalue weighted by molar-refractivity contribution is 0.956. The molecular formula is C15H14N4. The van der Waals surface area contributed by atoms with Gasteiger partial charge in [-0.2, -0.15) is 0 Å². The van der Waals surface area contributed by atoms with Gasteiger partial charge in [-0.25, -0.2) is 9.97 Å². The molecule has 94 valence electrons. The Hall–Kier alpha value is -2.49. The molecule has 2 aromatic heterocycles. The zero-order chi connectivity index (χ0) is 13.1. The molecule has 0 aliphatic carbocycles. The summed E-state index contributed by atoms with van der Waals surface area (Å²) >= 11 is 0. The van der Waals surface area contributed by atoms with Crippen molar-refractivity contribution in [3.8, 4) is 0 Å². The van der Waals surface area contributed by atoms with Gasteiger partial charge >= 0.3 is 0 Å². The third kappa shape index (κ3) is 2.52. The van der Waals surface area contributed by atoms with E-state index in [1.807, 2.05) is 31.3 Å². The van der Waals surface area contributed by atoms with Crippen LogP contribution in [0.5, 0.6) is 0 Å². The first-order chi connectivity index (χ1) is 9.33. The van der Waals surface area contributed by atoms with E-state index in [0.717, 1.165) is 22.6 Å². The molecule has 4 nitrogen and oxygen atoms in total. The first-order valence-electron chi connectivity index (χ1n) is 6.18. The summed E-state index contributed by atoms with van der Waals surface area (Å²) in [6, 6.07) is 10.1.